The van der Waals surface area contributed by atoms with Gasteiger partial charge in [0, 0.05) is 60.5 Å². The summed E-state index contributed by atoms with van der Waals surface area (Å²) >= 11 is 12.4. The molecule has 41 heavy (non-hydrogen) atoms. The van der Waals surface area contributed by atoms with Crippen LogP contribution in [0.2, 0.25) is 10.0 Å². The number of para-hydroxylation sites is 1. The summed E-state index contributed by atoms with van der Waals surface area (Å²) in [6.45, 7) is 5.21. The van der Waals surface area contributed by atoms with Crippen molar-refractivity contribution in [3.63, 3.8) is 0 Å². The zero-order valence-corrected chi connectivity index (χ0v) is 24.3. The number of pyridine rings is 1. The second kappa shape index (κ2) is 13.0. The monoisotopic (exact) mass is 582 g/mol. The van der Waals surface area contributed by atoms with Crippen molar-refractivity contribution < 1.29 is 0 Å². The third-order valence-corrected chi connectivity index (χ3v) is 8.09. The molecule has 3 heterocycles. The minimum atomic E-state index is 0.138. The first-order valence-electron chi connectivity index (χ1n) is 14.0. The second-order valence-corrected chi connectivity index (χ2v) is 11.2. The number of hydrogen-bond acceptors (Lipinski definition) is 6. The molecule has 0 saturated carbocycles. The highest BCUT2D eigenvalue weighted by Gasteiger charge is 2.27. The minimum Gasteiger partial charge on any atom is -0.369 e. The zero-order chi connectivity index (χ0) is 28.0. The number of halogens is 2. The molecule has 1 aliphatic heterocycles. The van der Waals surface area contributed by atoms with Crippen LogP contribution in [0.4, 0.5) is 5.82 Å². The van der Waals surface area contributed by atoms with Crippen LogP contribution in [0.1, 0.15) is 28.6 Å². The van der Waals surface area contributed by atoms with Crippen LogP contribution in [0, 0.1) is 0 Å². The van der Waals surface area contributed by atoms with Gasteiger partial charge in [0.05, 0.1) is 18.1 Å². The molecule has 0 bridgehead atoms. The lowest BCUT2D eigenvalue weighted by molar-refractivity contribution is 0.103. The minimum absolute atomic E-state index is 0.138. The Hall–Kier alpha value is -3.55. The Bertz CT molecular complexity index is 1520. The van der Waals surface area contributed by atoms with Gasteiger partial charge in [-0.25, -0.2) is 9.97 Å². The third kappa shape index (κ3) is 6.85. The summed E-state index contributed by atoms with van der Waals surface area (Å²) in [5.41, 5.74) is 4.62. The number of fused-ring (bicyclic) bond motifs is 1. The van der Waals surface area contributed by atoms with Gasteiger partial charge in [-0.3, -0.25) is 14.8 Å². The highest BCUT2D eigenvalue weighted by molar-refractivity contribution is 6.30. The first-order valence-corrected chi connectivity index (χ1v) is 14.7. The van der Waals surface area contributed by atoms with Gasteiger partial charge in [0.15, 0.2) is 0 Å². The highest BCUT2D eigenvalue weighted by Crippen LogP contribution is 2.31. The molecule has 2 aromatic heterocycles. The van der Waals surface area contributed by atoms with Crippen LogP contribution in [-0.2, 0) is 13.0 Å². The van der Waals surface area contributed by atoms with E-state index in [4.69, 9.17) is 33.2 Å². The predicted molar refractivity (Wildman–Crippen MR) is 168 cm³/mol. The number of piperazine rings is 1. The predicted octanol–water partition coefficient (Wildman–Crippen LogP) is 6.89. The molecule has 1 fully saturated rings. The molecule has 0 spiro atoms. The SMILES string of the molecule is Clc1ccc(C(c2ccc(Cl)cc2)N2CCN(Cc3nc(NCCc4cccnc4)c4ccccc4n3)CC2)cc1. The Labute approximate surface area is 251 Å². The van der Waals surface area contributed by atoms with Gasteiger partial charge >= 0.3 is 0 Å². The van der Waals surface area contributed by atoms with Gasteiger partial charge in [0.1, 0.15) is 11.6 Å². The Kier molecular flexibility index (Phi) is 8.73. The second-order valence-electron chi connectivity index (χ2n) is 10.4. The van der Waals surface area contributed by atoms with Crippen molar-refractivity contribution in [2.45, 2.75) is 19.0 Å². The summed E-state index contributed by atoms with van der Waals surface area (Å²) in [6, 6.07) is 28.8. The first-order chi connectivity index (χ1) is 20.1. The average Bonchev–Trinajstić information content (AvgIpc) is 3.00. The number of hydrogen-bond donors (Lipinski definition) is 1. The Morgan fingerprint density at radius 2 is 1.44 bits per heavy atom. The van der Waals surface area contributed by atoms with Crippen LogP contribution < -0.4 is 5.32 Å². The van der Waals surface area contributed by atoms with Gasteiger partial charge in [-0.2, -0.15) is 0 Å². The number of nitrogens with zero attached hydrogens (tertiary/aromatic N) is 5. The van der Waals surface area contributed by atoms with E-state index in [1.807, 2.05) is 48.7 Å². The molecule has 6 nitrogen and oxygen atoms in total. The van der Waals surface area contributed by atoms with Gasteiger partial charge in [-0.05, 0) is 65.6 Å². The molecule has 3 aromatic carbocycles. The molecule has 1 N–H and O–H groups in total. The number of aromatic nitrogens is 3. The van der Waals surface area contributed by atoms with E-state index in [-0.39, 0.29) is 6.04 Å². The van der Waals surface area contributed by atoms with E-state index in [0.717, 1.165) is 71.7 Å². The number of rotatable bonds is 9. The quantitative estimate of drug-likeness (QED) is 0.204. The van der Waals surface area contributed by atoms with E-state index < -0.39 is 0 Å². The summed E-state index contributed by atoms with van der Waals surface area (Å²) in [5, 5.41) is 6.09. The van der Waals surface area contributed by atoms with Crippen LogP contribution in [0.25, 0.3) is 10.9 Å². The Morgan fingerprint density at radius 3 is 2.10 bits per heavy atom. The van der Waals surface area contributed by atoms with Crippen molar-refractivity contribution in [1.29, 1.82) is 0 Å². The van der Waals surface area contributed by atoms with E-state index >= 15 is 0 Å². The number of anilines is 1. The van der Waals surface area contributed by atoms with Crippen LogP contribution in [0.5, 0.6) is 0 Å². The molecule has 0 amide bonds. The largest absolute Gasteiger partial charge is 0.369 e. The van der Waals surface area contributed by atoms with E-state index in [2.05, 4.69) is 62.6 Å². The summed E-state index contributed by atoms with van der Waals surface area (Å²) in [7, 11) is 0. The van der Waals surface area contributed by atoms with Crippen molar-refractivity contribution in [2.24, 2.45) is 0 Å². The Morgan fingerprint density at radius 1 is 0.756 bits per heavy atom. The van der Waals surface area contributed by atoms with Crippen molar-refractivity contribution in [3.8, 4) is 0 Å². The summed E-state index contributed by atoms with van der Waals surface area (Å²) < 4.78 is 0. The van der Waals surface area contributed by atoms with Gasteiger partial charge in [-0.1, -0.05) is 65.7 Å². The van der Waals surface area contributed by atoms with Gasteiger partial charge in [0.25, 0.3) is 0 Å². The lowest BCUT2D eigenvalue weighted by Crippen LogP contribution is -2.47. The smallest absolute Gasteiger partial charge is 0.145 e. The van der Waals surface area contributed by atoms with E-state index in [9.17, 15) is 0 Å². The molecular formula is C33H32Cl2N6. The van der Waals surface area contributed by atoms with E-state index in [0.29, 0.717) is 6.54 Å². The first kappa shape index (κ1) is 27.6. The summed E-state index contributed by atoms with van der Waals surface area (Å²) in [6.07, 6.45) is 4.59. The lowest BCUT2D eigenvalue weighted by Gasteiger charge is -2.39. The zero-order valence-electron chi connectivity index (χ0n) is 22.8. The van der Waals surface area contributed by atoms with Crippen molar-refractivity contribution >= 4 is 39.9 Å². The fourth-order valence-electron chi connectivity index (χ4n) is 5.49. The van der Waals surface area contributed by atoms with Gasteiger partial charge in [-0.15, -0.1) is 0 Å². The highest BCUT2D eigenvalue weighted by atomic mass is 35.5. The third-order valence-electron chi connectivity index (χ3n) is 7.59. The topological polar surface area (TPSA) is 57.2 Å². The molecule has 0 radical (unpaired) electrons. The lowest BCUT2D eigenvalue weighted by atomic mass is 9.96. The van der Waals surface area contributed by atoms with Crippen LogP contribution >= 0.6 is 23.2 Å². The molecule has 208 valence electrons. The molecule has 6 rings (SSSR count). The molecule has 0 atom stereocenters. The Balaban J connectivity index is 1.15. The summed E-state index contributed by atoms with van der Waals surface area (Å²) in [4.78, 5) is 19.1. The fourth-order valence-corrected chi connectivity index (χ4v) is 5.74. The normalized spacial score (nSPS) is 14.5. The standard InChI is InChI=1S/C33H32Cl2N6/c34-27-11-7-25(8-12-27)32(26-9-13-28(35)14-10-26)41-20-18-40(19-21-41)23-31-38-30-6-2-1-5-29(30)33(39-31)37-17-15-24-4-3-16-36-22-24/h1-14,16,22,32H,15,17-21,23H2,(H,37,38,39). The van der Waals surface area contributed by atoms with E-state index in [1.54, 1.807) is 6.20 Å². The average molecular weight is 584 g/mol. The number of benzene rings is 3. The molecule has 0 unspecified atom stereocenters. The van der Waals surface area contributed by atoms with Crippen LogP contribution in [0.15, 0.2) is 97.3 Å². The molecule has 1 saturated heterocycles. The molecule has 0 aliphatic carbocycles. The van der Waals surface area contributed by atoms with Crippen LogP contribution in [0.3, 0.4) is 0 Å². The maximum atomic E-state index is 6.21. The van der Waals surface area contributed by atoms with Crippen molar-refractivity contribution in [2.75, 3.05) is 38.0 Å². The molecule has 5 aromatic rings. The van der Waals surface area contributed by atoms with Gasteiger partial charge < -0.3 is 5.32 Å². The summed E-state index contributed by atoms with van der Waals surface area (Å²) in [5.74, 6) is 1.73. The van der Waals surface area contributed by atoms with Crippen molar-refractivity contribution in [3.05, 3.63) is 130 Å². The van der Waals surface area contributed by atoms with Gasteiger partial charge in [0.2, 0.25) is 0 Å². The maximum Gasteiger partial charge on any atom is 0.145 e. The maximum absolute atomic E-state index is 6.21. The molecule has 8 heteroatoms. The fraction of sp³-hybridized carbons (Fsp3) is 0.242. The molecular weight excluding hydrogens is 551 g/mol. The van der Waals surface area contributed by atoms with E-state index in [1.165, 1.54) is 16.7 Å². The number of nitrogens with one attached hydrogen (secondary N) is 1. The van der Waals surface area contributed by atoms with Crippen LogP contribution in [-0.4, -0.2) is 57.5 Å². The van der Waals surface area contributed by atoms with Crippen molar-refractivity contribution in [1.82, 2.24) is 24.8 Å². The molecule has 1 aliphatic rings.